The van der Waals surface area contributed by atoms with Gasteiger partial charge in [0.15, 0.2) is 5.11 Å². The molecule has 2 aliphatic rings. The van der Waals surface area contributed by atoms with Crippen molar-refractivity contribution in [2.75, 3.05) is 9.80 Å². The molecule has 30 heavy (non-hydrogen) atoms. The highest BCUT2D eigenvalue weighted by atomic mass is 32.1. The van der Waals surface area contributed by atoms with Crippen molar-refractivity contribution in [3.05, 3.63) is 60.2 Å². The van der Waals surface area contributed by atoms with E-state index in [0.717, 1.165) is 47.3 Å². The number of nitrogens with two attached hydrogens (primary N) is 1. The van der Waals surface area contributed by atoms with Crippen LogP contribution in [0.15, 0.2) is 48.9 Å². The van der Waals surface area contributed by atoms with Crippen molar-refractivity contribution in [3.8, 4) is 11.1 Å². The van der Waals surface area contributed by atoms with Crippen LogP contribution in [0.5, 0.6) is 0 Å². The standard InChI is InChI=1S/C22H22N6OS/c1-14-9-18(13-24-19(14)10-23)27-20(29)22(7-2-8-22)28(21(27)30)17-5-3-15(4-6-17)16-11-25-26-12-16/h3-6,9,11-13H,2,7-8,10,23H2,1H3,(H,25,26). The van der Waals surface area contributed by atoms with Crippen LogP contribution in [0.4, 0.5) is 11.4 Å². The average molecular weight is 419 g/mol. The molecule has 1 aromatic carbocycles. The summed E-state index contributed by atoms with van der Waals surface area (Å²) in [6.07, 6.45) is 7.92. The molecule has 1 aliphatic carbocycles. The fourth-order valence-electron chi connectivity index (χ4n) is 4.34. The van der Waals surface area contributed by atoms with Crippen LogP contribution in [0.25, 0.3) is 11.1 Å². The van der Waals surface area contributed by atoms with Crippen LogP contribution in [0.1, 0.15) is 30.5 Å². The number of aromatic nitrogens is 3. The first-order valence-corrected chi connectivity index (χ1v) is 10.4. The first-order chi connectivity index (χ1) is 14.5. The van der Waals surface area contributed by atoms with Gasteiger partial charge in [-0.2, -0.15) is 5.10 Å². The Balaban J connectivity index is 1.53. The van der Waals surface area contributed by atoms with E-state index in [1.54, 1.807) is 17.3 Å². The average Bonchev–Trinajstić information content (AvgIpc) is 3.33. The predicted molar refractivity (Wildman–Crippen MR) is 120 cm³/mol. The number of H-pyrrole nitrogens is 1. The summed E-state index contributed by atoms with van der Waals surface area (Å²) in [5.74, 6) is 0.0272. The molecule has 152 valence electrons. The van der Waals surface area contributed by atoms with Crippen molar-refractivity contribution < 1.29 is 4.79 Å². The van der Waals surface area contributed by atoms with E-state index in [1.807, 2.05) is 48.4 Å². The molecule has 7 nitrogen and oxygen atoms in total. The van der Waals surface area contributed by atoms with Crippen LogP contribution in [-0.4, -0.2) is 31.7 Å². The molecule has 1 amide bonds. The number of aryl methyl sites for hydroxylation is 1. The van der Waals surface area contributed by atoms with E-state index < -0.39 is 5.54 Å². The third kappa shape index (κ3) is 2.68. The van der Waals surface area contributed by atoms with E-state index in [9.17, 15) is 4.79 Å². The van der Waals surface area contributed by atoms with Crippen molar-refractivity contribution in [1.29, 1.82) is 0 Å². The summed E-state index contributed by atoms with van der Waals surface area (Å²) in [5, 5.41) is 7.34. The van der Waals surface area contributed by atoms with Crippen molar-refractivity contribution in [1.82, 2.24) is 15.2 Å². The number of pyridine rings is 1. The maximum atomic E-state index is 13.6. The van der Waals surface area contributed by atoms with Crippen LogP contribution < -0.4 is 15.5 Å². The lowest BCUT2D eigenvalue weighted by atomic mass is 9.75. The molecule has 3 aromatic rings. The first-order valence-electron chi connectivity index (χ1n) is 9.99. The van der Waals surface area contributed by atoms with Gasteiger partial charge < -0.3 is 10.6 Å². The molecule has 1 saturated heterocycles. The lowest BCUT2D eigenvalue weighted by molar-refractivity contribution is -0.123. The fraction of sp³-hybridized carbons (Fsp3) is 0.273. The zero-order valence-corrected chi connectivity index (χ0v) is 17.4. The Morgan fingerprint density at radius 2 is 1.93 bits per heavy atom. The maximum absolute atomic E-state index is 13.6. The molecule has 8 heteroatoms. The van der Waals surface area contributed by atoms with Gasteiger partial charge in [0.1, 0.15) is 5.54 Å². The van der Waals surface area contributed by atoms with E-state index in [4.69, 9.17) is 18.0 Å². The number of carbonyl (C=O) groups excluding carboxylic acids is 1. The molecule has 0 bridgehead atoms. The number of anilines is 2. The minimum absolute atomic E-state index is 0.0272. The quantitative estimate of drug-likeness (QED) is 0.632. The highest BCUT2D eigenvalue weighted by Gasteiger charge is 2.59. The zero-order chi connectivity index (χ0) is 20.9. The normalized spacial score (nSPS) is 17.7. The van der Waals surface area contributed by atoms with Crippen LogP contribution >= 0.6 is 12.2 Å². The second-order valence-corrected chi connectivity index (χ2v) is 8.20. The van der Waals surface area contributed by atoms with Gasteiger partial charge in [0.2, 0.25) is 0 Å². The van der Waals surface area contributed by atoms with E-state index in [0.29, 0.717) is 17.3 Å². The molecule has 1 aliphatic heterocycles. The number of benzene rings is 1. The Morgan fingerprint density at radius 3 is 2.50 bits per heavy atom. The van der Waals surface area contributed by atoms with E-state index in [-0.39, 0.29) is 5.91 Å². The van der Waals surface area contributed by atoms with Crippen molar-refractivity contribution in [2.45, 2.75) is 38.3 Å². The van der Waals surface area contributed by atoms with Gasteiger partial charge in [-0.3, -0.25) is 19.8 Å². The summed E-state index contributed by atoms with van der Waals surface area (Å²) in [6.45, 7) is 2.32. The zero-order valence-electron chi connectivity index (χ0n) is 16.6. The molecule has 3 heterocycles. The van der Waals surface area contributed by atoms with Gasteiger partial charge in [-0.15, -0.1) is 0 Å². The third-order valence-corrected chi connectivity index (χ3v) is 6.54. The lowest BCUT2D eigenvalue weighted by Crippen LogP contribution is -2.55. The summed E-state index contributed by atoms with van der Waals surface area (Å²) in [7, 11) is 0. The summed E-state index contributed by atoms with van der Waals surface area (Å²) < 4.78 is 0. The number of nitrogens with one attached hydrogen (secondary N) is 1. The summed E-state index contributed by atoms with van der Waals surface area (Å²) >= 11 is 5.83. The van der Waals surface area contributed by atoms with Crippen LogP contribution in [0, 0.1) is 6.92 Å². The van der Waals surface area contributed by atoms with Crippen LogP contribution in [-0.2, 0) is 11.3 Å². The molecule has 1 spiro atoms. The van der Waals surface area contributed by atoms with Gasteiger partial charge in [-0.05, 0) is 67.7 Å². The van der Waals surface area contributed by atoms with E-state index >= 15 is 0 Å². The molecular weight excluding hydrogens is 396 g/mol. The minimum atomic E-state index is -0.602. The minimum Gasteiger partial charge on any atom is -0.325 e. The number of hydrogen-bond acceptors (Lipinski definition) is 5. The predicted octanol–water partition coefficient (Wildman–Crippen LogP) is 3.30. The van der Waals surface area contributed by atoms with Crippen LogP contribution in [0.3, 0.4) is 0 Å². The molecule has 1 saturated carbocycles. The Morgan fingerprint density at radius 1 is 1.17 bits per heavy atom. The largest absolute Gasteiger partial charge is 0.325 e. The number of hydrogen-bond donors (Lipinski definition) is 2. The molecule has 0 atom stereocenters. The van der Waals surface area contributed by atoms with Gasteiger partial charge in [0, 0.05) is 24.0 Å². The van der Waals surface area contributed by atoms with E-state index in [1.165, 1.54) is 0 Å². The first kappa shape index (κ1) is 18.9. The van der Waals surface area contributed by atoms with E-state index in [2.05, 4.69) is 15.2 Å². The molecule has 2 fully saturated rings. The number of aromatic amines is 1. The Kier molecular flexibility index (Phi) is 4.41. The Bertz CT molecular complexity index is 1120. The number of thiocarbonyl (C=S) groups is 1. The topological polar surface area (TPSA) is 91.1 Å². The fourth-order valence-corrected chi connectivity index (χ4v) is 4.81. The highest BCUT2D eigenvalue weighted by molar-refractivity contribution is 7.81. The lowest BCUT2D eigenvalue weighted by Gasteiger charge is -2.43. The molecule has 0 radical (unpaired) electrons. The Hall–Kier alpha value is -3.10. The molecule has 0 unspecified atom stereocenters. The molecule has 5 rings (SSSR count). The second-order valence-electron chi connectivity index (χ2n) is 7.84. The van der Waals surface area contributed by atoms with Crippen molar-refractivity contribution >= 4 is 34.6 Å². The monoisotopic (exact) mass is 418 g/mol. The summed E-state index contributed by atoms with van der Waals surface area (Å²) in [5.41, 5.74) is 10.6. The number of amides is 1. The van der Waals surface area contributed by atoms with Gasteiger partial charge in [0.05, 0.1) is 23.8 Å². The smallest absolute Gasteiger partial charge is 0.259 e. The van der Waals surface area contributed by atoms with Gasteiger partial charge in [-0.25, -0.2) is 0 Å². The summed E-state index contributed by atoms with van der Waals surface area (Å²) in [4.78, 5) is 21.7. The molecule has 2 aromatic heterocycles. The molecule has 3 N–H and O–H groups in total. The summed E-state index contributed by atoms with van der Waals surface area (Å²) in [6, 6.07) is 10.0. The Labute approximate surface area is 179 Å². The number of carbonyl (C=O) groups is 1. The van der Waals surface area contributed by atoms with Crippen molar-refractivity contribution in [2.24, 2.45) is 5.73 Å². The SMILES string of the molecule is Cc1cc(N2C(=O)C3(CCC3)N(c3ccc(-c4cn[nH]c4)cc3)C2=S)cnc1CN. The van der Waals surface area contributed by atoms with Crippen molar-refractivity contribution in [3.63, 3.8) is 0 Å². The number of nitrogens with zero attached hydrogens (tertiary/aromatic N) is 4. The maximum Gasteiger partial charge on any atom is 0.259 e. The van der Waals surface area contributed by atoms with Gasteiger partial charge in [-0.1, -0.05) is 12.1 Å². The van der Waals surface area contributed by atoms with Gasteiger partial charge >= 0.3 is 0 Å². The number of rotatable bonds is 4. The second kappa shape index (κ2) is 7.00. The van der Waals surface area contributed by atoms with Gasteiger partial charge in [0.25, 0.3) is 5.91 Å². The van der Waals surface area contributed by atoms with Crippen LogP contribution in [0.2, 0.25) is 0 Å². The third-order valence-electron chi connectivity index (χ3n) is 6.17. The molecular formula is C22H22N6OS. The highest BCUT2D eigenvalue weighted by Crippen LogP contribution is 2.47.